The molecule has 0 fully saturated rings. The third-order valence-electron chi connectivity index (χ3n) is 17.3. The summed E-state index contributed by atoms with van der Waals surface area (Å²) in [6.45, 7) is 7.10. The van der Waals surface area contributed by atoms with Gasteiger partial charge >= 0.3 is 0 Å². The van der Waals surface area contributed by atoms with Crippen LogP contribution in [0.25, 0.3) is 93.9 Å². The number of rotatable bonds is 5. The van der Waals surface area contributed by atoms with Gasteiger partial charge in [-0.1, -0.05) is 179 Å². The maximum Gasteiger partial charge on any atom is 0.145 e. The van der Waals surface area contributed by atoms with E-state index in [-0.39, 0.29) is 5.41 Å². The maximum absolute atomic E-state index is 7.47. The summed E-state index contributed by atoms with van der Waals surface area (Å²) >= 11 is 0. The second-order valence-corrected chi connectivity index (χ2v) is 21.6. The quantitative estimate of drug-likeness (QED) is 0.171. The molecule has 0 saturated heterocycles. The summed E-state index contributed by atoms with van der Waals surface area (Å²) in [5.41, 5.74) is 26.3. The highest BCUT2D eigenvalue weighted by Crippen LogP contribution is 2.65. The Morgan fingerprint density at radius 2 is 1.04 bits per heavy atom. The largest absolute Gasteiger partial charge is 0.455 e. The van der Waals surface area contributed by atoms with Crippen LogP contribution in [-0.4, -0.2) is 4.57 Å². The van der Waals surface area contributed by atoms with E-state index in [0.717, 1.165) is 45.4 Å². The summed E-state index contributed by atoms with van der Waals surface area (Å²) in [5.74, 6) is 0.476. The lowest BCUT2D eigenvalue weighted by atomic mass is 9.70. The maximum atomic E-state index is 7.47. The summed E-state index contributed by atoms with van der Waals surface area (Å²) in [6, 6.07) is 79.5. The molecule has 4 aliphatic rings. The minimum absolute atomic E-state index is 0.227. The first-order valence-electron chi connectivity index (χ1n) is 26.2. The van der Waals surface area contributed by atoms with Crippen LogP contribution in [0, 0.1) is 5.92 Å². The van der Waals surface area contributed by atoms with E-state index < -0.39 is 5.41 Å². The average Bonchev–Trinajstić information content (AvgIpc) is 4.25. The minimum Gasteiger partial charge on any atom is -0.455 e. The van der Waals surface area contributed by atoms with E-state index in [9.17, 15) is 0 Å². The van der Waals surface area contributed by atoms with Crippen molar-refractivity contribution < 1.29 is 4.42 Å². The van der Waals surface area contributed by atoms with Gasteiger partial charge in [-0.15, -0.1) is 0 Å². The third-order valence-corrected chi connectivity index (χ3v) is 17.3. The fraction of sp³-hybridized carbons (Fsp3) is 0.0986. The number of hydrogen-bond acceptors (Lipinski definition) is 2. The van der Waals surface area contributed by atoms with Crippen LogP contribution < -0.4 is 4.90 Å². The summed E-state index contributed by atoms with van der Waals surface area (Å²) in [6.07, 6.45) is 7.79. The molecule has 4 aliphatic carbocycles. The van der Waals surface area contributed by atoms with E-state index in [2.05, 4.69) is 261 Å². The van der Waals surface area contributed by atoms with E-state index in [0.29, 0.717) is 5.92 Å². The molecule has 1 spiro atoms. The number of allylic oxidation sites excluding steroid dienone is 4. The summed E-state index contributed by atoms with van der Waals surface area (Å²) in [7, 11) is 0. The van der Waals surface area contributed by atoms with Gasteiger partial charge in [-0.25, -0.2) is 0 Å². The zero-order valence-corrected chi connectivity index (χ0v) is 41.5. The van der Waals surface area contributed by atoms with Crippen molar-refractivity contribution in [2.24, 2.45) is 5.92 Å². The molecule has 0 bridgehead atoms. The molecule has 10 aromatic carbocycles. The zero-order valence-electron chi connectivity index (χ0n) is 41.5. The lowest BCUT2D eigenvalue weighted by molar-refractivity contribution is 0.660. The van der Waals surface area contributed by atoms with Gasteiger partial charge in [0.15, 0.2) is 0 Å². The monoisotopic (exact) mass is 946 g/mol. The van der Waals surface area contributed by atoms with Crippen molar-refractivity contribution in [3.8, 4) is 44.5 Å². The van der Waals surface area contributed by atoms with Gasteiger partial charge in [0.1, 0.15) is 11.2 Å². The number of aromatic nitrogens is 1. The zero-order chi connectivity index (χ0) is 49.0. The van der Waals surface area contributed by atoms with Crippen molar-refractivity contribution in [2.75, 3.05) is 4.90 Å². The van der Waals surface area contributed by atoms with Crippen LogP contribution in [0.3, 0.4) is 0 Å². The van der Waals surface area contributed by atoms with Gasteiger partial charge in [-0.2, -0.15) is 0 Å². The Bertz CT molecular complexity index is 4410. The molecule has 74 heavy (non-hydrogen) atoms. The first-order chi connectivity index (χ1) is 36.4. The molecule has 3 heteroatoms. The molecule has 0 amide bonds. The highest BCUT2D eigenvalue weighted by atomic mass is 16.3. The standard InChI is InChI=1S/C71H50N2O/c1-43-17-16-22-48(39-43)73-64-28-15-12-25-57(64)67-65(73)38-36-55-54-35-37-60-66(68(54)74-69(55)67)56-24-11-14-27-59(56)71(60)58-26-13-10-23-50(58)53-33-30-45(41-63(53)71)44-29-32-51-52-34-31-49(42-62(52)70(2,3)61(51)40-44)72(46-18-6-4-7-19-46)47-20-8-5-9-21-47/h4-38,40-43H,39H2,1-3H3. The van der Waals surface area contributed by atoms with Gasteiger partial charge in [-0.3, -0.25) is 0 Å². The Balaban J connectivity index is 0.862. The molecule has 0 saturated carbocycles. The molecule has 3 nitrogen and oxygen atoms in total. The van der Waals surface area contributed by atoms with Crippen LogP contribution in [0.1, 0.15) is 60.6 Å². The third kappa shape index (κ3) is 5.46. The highest BCUT2D eigenvalue weighted by Gasteiger charge is 2.52. The van der Waals surface area contributed by atoms with Crippen LogP contribution in [-0.2, 0) is 10.8 Å². The van der Waals surface area contributed by atoms with E-state index in [1.54, 1.807) is 0 Å². The first kappa shape index (κ1) is 41.7. The van der Waals surface area contributed by atoms with E-state index in [1.165, 1.54) is 105 Å². The van der Waals surface area contributed by atoms with Crippen molar-refractivity contribution in [3.63, 3.8) is 0 Å². The van der Waals surface area contributed by atoms with Crippen molar-refractivity contribution in [3.05, 3.63) is 264 Å². The predicted octanol–water partition coefficient (Wildman–Crippen LogP) is 18.9. The van der Waals surface area contributed by atoms with Gasteiger partial charge in [0, 0.05) is 49.9 Å². The lowest BCUT2D eigenvalue weighted by Gasteiger charge is -2.30. The topological polar surface area (TPSA) is 21.3 Å². The van der Waals surface area contributed by atoms with Crippen LogP contribution in [0.5, 0.6) is 0 Å². The summed E-state index contributed by atoms with van der Waals surface area (Å²) < 4.78 is 9.94. The average molecular weight is 947 g/mol. The van der Waals surface area contributed by atoms with E-state index >= 15 is 0 Å². The number of benzene rings is 10. The summed E-state index contributed by atoms with van der Waals surface area (Å²) in [5, 5.41) is 4.70. The SMILES string of the molecule is CC1C=CC=C(n2c3ccccc3c3c4oc5c6c(ccc5c4ccc32)C2(c3ccccc3-c3ccc(-c4ccc5c(c4)C(C)(C)c4cc(N(c7ccccc7)c7ccccc7)ccc4-5)cc32)c2ccccc2-6)C1. The molecule has 2 atom stereocenters. The number of hydrogen-bond donors (Lipinski definition) is 0. The highest BCUT2D eigenvalue weighted by molar-refractivity contribution is 6.25. The van der Waals surface area contributed by atoms with Crippen molar-refractivity contribution in [1.29, 1.82) is 0 Å². The van der Waals surface area contributed by atoms with Gasteiger partial charge in [0.05, 0.1) is 21.8 Å². The molecule has 0 aliphatic heterocycles. The number of para-hydroxylation sites is 3. The molecule has 2 unspecified atom stereocenters. The van der Waals surface area contributed by atoms with Crippen molar-refractivity contribution in [1.82, 2.24) is 4.57 Å². The van der Waals surface area contributed by atoms with Gasteiger partial charge in [0.2, 0.25) is 0 Å². The lowest BCUT2D eigenvalue weighted by Crippen LogP contribution is -2.25. The molecule has 2 heterocycles. The Morgan fingerprint density at radius 3 is 1.78 bits per heavy atom. The Hall–Kier alpha value is -8.92. The van der Waals surface area contributed by atoms with Crippen LogP contribution in [0.15, 0.2) is 235 Å². The van der Waals surface area contributed by atoms with Gasteiger partial charge in [-0.05, 0) is 157 Å². The molecule has 16 rings (SSSR count). The van der Waals surface area contributed by atoms with E-state index in [1.807, 2.05) is 0 Å². The Morgan fingerprint density at radius 1 is 0.459 bits per heavy atom. The van der Waals surface area contributed by atoms with Crippen LogP contribution in [0.2, 0.25) is 0 Å². The van der Waals surface area contributed by atoms with Crippen LogP contribution >= 0.6 is 0 Å². The van der Waals surface area contributed by atoms with E-state index in [4.69, 9.17) is 4.42 Å². The molecule has 350 valence electrons. The molecule has 0 radical (unpaired) electrons. The number of fused-ring (bicyclic) bond motifs is 21. The van der Waals surface area contributed by atoms with Crippen LogP contribution in [0.4, 0.5) is 17.1 Å². The fourth-order valence-corrected chi connectivity index (χ4v) is 14.1. The Labute approximate surface area is 430 Å². The normalized spacial score (nSPS) is 17.4. The second kappa shape index (κ2) is 15.1. The molecule has 12 aromatic rings. The smallest absolute Gasteiger partial charge is 0.145 e. The molecule has 2 aromatic heterocycles. The second-order valence-electron chi connectivity index (χ2n) is 21.6. The Kier molecular flexibility index (Phi) is 8.49. The van der Waals surface area contributed by atoms with Crippen molar-refractivity contribution in [2.45, 2.75) is 38.0 Å². The van der Waals surface area contributed by atoms with Gasteiger partial charge < -0.3 is 13.9 Å². The fourth-order valence-electron chi connectivity index (χ4n) is 14.1. The van der Waals surface area contributed by atoms with Crippen molar-refractivity contribution >= 4 is 66.5 Å². The summed E-state index contributed by atoms with van der Waals surface area (Å²) in [4.78, 5) is 2.37. The molecule has 0 N–H and O–H groups in total. The minimum atomic E-state index is -0.546. The molecular weight excluding hydrogens is 897 g/mol. The molecular formula is C71H50N2O. The number of nitrogens with zero attached hydrogens (tertiary/aromatic N) is 2. The van der Waals surface area contributed by atoms with Gasteiger partial charge in [0.25, 0.3) is 0 Å². The first-order valence-corrected chi connectivity index (χ1v) is 26.2. The number of furan rings is 1. The predicted molar refractivity (Wildman–Crippen MR) is 308 cm³/mol. The number of anilines is 3.